The topological polar surface area (TPSA) is 66.5 Å². The quantitative estimate of drug-likeness (QED) is 0.631. The normalized spacial score (nSPS) is 29.4. The molecule has 2 aromatic carbocycles. The number of fused-ring (bicyclic) bond motifs is 1. The van der Waals surface area contributed by atoms with E-state index in [1.54, 1.807) is 0 Å². The van der Waals surface area contributed by atoms with Crippen LogP contribution in [-0.4, -0.2) is 36.5 Å². The minimum atomic E-state index is -3.61. The van der Waals surface area contributed by atoms with Crippen LogP contribution >= 0.6 is 0 Å². The van der Waals surface area contributed by atoms with Gasteiger partial charge in [0.25, 0.3) is 0 Å². The second-order valence-corrected chi connectivity index (χ2v) is 12.6. The Morgan fingerprint density at radius 2 is 1.79 bits per heavy atom. The van der Waals surface area contributed by atoms with Crippen molar-refractivity contribution in [1.29, 1.82) is 0 Å². The molecular formula is C28H34N2O3S. The van der Waals surface area contributed by atoms with Crippen LogP contribution in [0.25, 0.3) is 6.08 Å². The zero-order chi connectivity index (χ0) is 24.0. The monoisotopic (exact) mass is 478 g/mol. The molecule has 4 atom stereocenters. The van der Waals surface area contributed by atoms with Gasteiger partial charge in [0.2, 0.25) is 15.9 Å². The largest absolute Gasteiger partial charge is 0.306 e. The summed E-state index contributed by atoms with van der Waals surface area (Å²) in [4.78, 5) is 13.6. The van der Waals surface area contributed by atoms with Crippen molar-refractivity contribution in [3.05, 3.63) is 77.9 Å². The highest BCUT2D eigenvalue weighted by molar-refractivity contribution is 7.90. The Labute approximate surface area is 203 Å². The first-order valence-corrected chi connectivity index (χ1v) is 13.9. The second kappa shape index (κ2) is 8.65. The van der Waals surface area contributed by atoms with Gasteiger partial charge in [0.05, 0.1) is 11.8 Å². The van der Waals surface area contributed by atoms with E-state index in [9.17, 15) is 13.2 Å². The first kappa shape index (κ1) is 23.3. The van der Waals surface area contributed by atoms with E-state index >= 15 is 0 Å². The summed E-state index contributed by atoms with van der Waals surface area (Å²) < 4.78 is 27.9. The lowest BCUT2D eigenvalue weighted by atomic mass is 9.69. The van der Waals surface area contributed by atoms with Crippen LogP contribution in [0.5, 0.6) is 0 Å². The summed E-state index contributed by atoms with van der Waals surface area (Å²) in [5.41, 5.74) is 1.83. The van der Waals surface area contributed by atoms with Gasteiger partial charge in [-0.25, -0.2) is 12.7 Å². The van der Waals surface area contributed by atoms with Crippen molar-refractivity contribution in [3.63, 3.8) is 0 Å². The van der Waals surface area contributed by atoms with Crippen LogP contribution < -0.4 is 5.32 Å². The molecule has 2 bridgehead atoms. The van der Waals surface area contributed by atoms with Gasteiger partial charge in [0.15, 0.2) is 0 Å². The minimum Gasteiger partial charge on any atom is -0.306 e. The first-order chi connectivity index (χ1) is 16.2. The number of nitrogens with zero attached hydrogens (tertiary/aromatic N) is 1. The Balaban J connectivity index is 1.37. The lowest BCUT2D eigenvalue weighted by molar-refractivity contribution is -0.129. The Kier molecular flexibility index (Phi) is 5.93. The van der Waals surface area contributed by atoms with Crippen molar-refractivity contribution in [2.45, 2.75) is 58.2 Å². The third-order valence-corrected chi connectivity index (χ3v) is 10.7. The molecule has 1 spiro atoms. The Bertz CT molecular complexity index is 1180. The molecule has 0 aromatic heterocycles. The molecule has 5 nitrogen and oxygen atoms in total. The molecule has 3 fully saturated rings. The number of nitrogens with one attached hydrogen (secondary N) is 1. The average molecular weight is 479 g/mol. The molecule has 1 heterocycles. The van der Waals surface area contributed by atoms with Gasteiger partial charge < -0.3 is 5.32 Å². The maximum Gasteiger partial charge on any atom is 0.238 e. The Morgan fingerprint density at radius 3 is 2.47 bits per heavy atom. The van der Waals surface area contributed by atoms with Gasteiger partial charge in [0, 0.05) is 24.4 Å². The number of hydrogen-bond donors (Lipinski definition) is 1. The van der Waals surface area contributed by atoms with E-state index in [1.807, 2.05) is 72.8 Å². The maximum atomic E-state index is 13.6. The molecule has 34 heavy (non-hydrogen) atoms. The Hall–Kier alpha value is -2.44. The van der Waals surface area contributed by atoms with E-state index in [-0.39, 0.29) is 41.0 Å². The zero-order valence-corrected chi connectivity index (χ0v) is 20.8. The van der Waals surface area contributed by atoms with Crippen molar-refractivity contribution < 1.29 is 13.2 Å². The smallest absolute Gasteiger partial charge is 0.238 e. The molecular weight excluding hydrogens is 444 g/mol. The highest BCUT2D eigenvalue weighted by Gasteiger charge is 2.72. The summed E-state index contributed by atoms with van der Waals surface area (Å²) in [6.07, 6.45) is 6.88. The van der Waals surface area contributed by atoms with Gasteiger partial charge in [-0.15, -0.1) is 0 Å². The van der Waals surface area contributed by atoms with E-state index in [1.165, 1.54) is 4.31 Å². The molecule has 2 aliphatic carbocycles. The number of benzene rings is 2. The van der Waals surface area contributed by atoms with Crippen LogP contribution in [0.15, 0.2) is 66.7 Å². The molecule has 3 unspecified atom stereocenters. The molecule has 1 amide bonds. The number of carbonyl (C=O) groups excluding carboxylic acids is 1. The molecule has 1 aliphatic heterocycles. The minimum absolute atomic E-state index is 0.0437. The standard InChI is InChI=1S/C28H34N2O3S/c1-27(2)23-15-16-28(27)20-34(32,33)30(25(28)17-23)26(31)18-24(14-13-21-9-5-3-6-10-21)29-19-22-11-7-4-8-12-22/h3-14,23-25,29H,15-20H2,1-2H3/b14-13+/t23?,24-,25?,28?/m0/s1. The summed E-state index contributed by atoms with van der Waals surface area (Å²) in [6, 6.07) is 19.5. The second-order valence-electron chi connectivity index (χ2n) is 10.8. The third-order valence-electron chi connectivity index (χ3n) is 8.78. The van der Waals surface area contributed by atoms with Gasteiger partial charge in [-0.1, -0.05) is 86.7 Å². The maximum absolute atomic E-state index is 13.6. The van der Waals surface area contributed by atoms with Crippen molar-refractivity contribution in [2.24, 2.45) is 16.7 Å². The van der Waals surface area contributed by atoms with Crippen molar-refractivity contribution >= 4 is 22.0 Å². The molecule has 180 valence electrons. The third kappa shape index (κ3) is 3.91. The highest BCUT2D eigenvalue weighted by atomic mass is 32.2. The number of hydrogen-bond acceptors (Lipinski definition) is 4. The van der Waals surface area contributed by atoms with Gasteiger partial charge in [0.1, 0.15) is 0 Å². The van der Waals surface area contributed by atoms with Crippen molar-refractivity contribution in [1.82, 2.24) is 9.62 Å². The highest BCUT2D eigenvalue weighted by Crippen LogP contribution is 2.70. The summed E-state index contributed by atoms with van der Waals surface area (Å²) in [5, 5.41) is 3.47. The predicted octanol–water partition coefficient (Wildman–Crippen LogP) is 4.62. The number of rotatable bonds is 7. The van der Waals surface area contributed by atoms with Crippen LogP contribution in [0, 0.1) is 16.7 Å². The van der Waals surface area contributed by atoms with E-state index in [0.29, 0.717) is 12.5 Å². The van der Waals surface area contributed by atoms with Gasteiger partial charge in [-0.3, -0.25) is 4.79 Å². The summed E-state index contributed by atoms with van der Waals surface area (Å²) in [7, 11) is -3.61. The number of amides is 1. The summed E-state index contributed by atoms with van der Waals surface area (Å²) in [6.45, 7) is 5.02. The van der Waals surface area contributed by atoms with Gasteiger partial charge in [-0.05, 0) is 41.7 Å². The molecule has 2 saturated carbocycles. The van der Waals surface area contributed by atoms with Crippen LogP contribution in [0.3, 0.4) is 0 Å². The fourth-order valence-corrected chi connectivity index (χ4v) is 9.30. The molecule has 1 saturated heterocycles. The van der Waals surface area contributed by atoms with Crippen LogP contribution in [0.1, 0.15) is 50.7 Å². The van der Waals surface area contributed by atoms with E-state index in [4.69, 9.17) is 0 Å². The van der Waals surface area contributed by atoms with Crippen LogP contribution in [0.4, 0.5) is 0 Å². The molecule has 5 rings (SSSR count). The summed E-state index contributed by atoms with van der Waals surface area (Å²) >= 11 is 0. The van der Waals surface area contributed by atoms with E-state index < -0.39 is 10.0 Å². The molecule has 0 radical (unpaired) electrons. The molecule has 6 heteroatoms. The van der Waals surface area contributed by atoms with E-state index in [0.717, 1.165) is 30.4 Å². The number of carbonyl (C=O) groups is 1. The lowest BCUT2D eigenvalue weighted by Gasteiger charge is -2.37. The molecule has 2 aromatic rings. The van der Waals surface area contributed by atoms with Crippen LogP contribution in [-0.2, 0) is 21.4 Å². The Morgan fingerprint density at radius 1 is 1.12 bits per heavy atom. The predicted molar refractivity (Wildman–Crippen MR) is 135 cm³/mol. The van der Waals surface area contributed by atoms with Crippen LogP contribution in [0.2, 0.25) is 0 Å². The SMILES string of the molecule is CC1(C)C2CCC13CS(=O)(=O)N(C(=O)C[C@H](/C=C/c1ccccc1)NCc1ccccc1)C3C2. The zero-order valence-electron chi connectivity index (χ0n) is 20.0. The summed E-state index contributed by atoms with van der Waals surface area (Å²) in [5.74, 6) is 0.323. The molecule has 1 N–H and O–H groups in total. The van der Waals surface area contributed by atoms with E-state index in [2.05, 4.69) is 19.2 Å². The fourth-order valence-electron chi connectivity index (χ4n) is 6.74. The van der Waals surface area contributed by atoms with Crippen molar-refractivity contribution in [2.75, 3.05) is 5.75 Å². The van der Waals surface area contributed by atoms with Gasteiger partial charge in [-0.2, -0.15) is 0 Å². The van der Waals surface area contributed by atoms with Crippen molar-refractivity contribution in [3.8, 4) is 0 Å². The number of sulfonamides is 1. The van der Waals surface area contributed by atoms with Gasteiger partial charge >= 0.3 is 0 Å². The average Bonchev–Trinajstić information content (AvgIpc) is 3.30. The fraction of sp³-hybridized carbons (Fsp3) is 0.464. The first-order valence-electron chi connectivity index (χ1n) is 12.3. The lowest BCUT2D eigenvalue weighted by Crippen LogP contribution is -2.45. The molecule has 3 aliphatic rings.